The fourth-order valence-corrected chi connectivity index (χ4v) is 1.66. The first-order valence-corrected chi connectivity index (χ1v) is 6.34. The van der Waals surface area contributed by atoms with Crippen molar-refractivity contribution < 1.29 is 14.7 Å². The van der Waals surface area contributed by atoms with Crippen molar-refractivity contribution in [2.45, 2.75) is 26.7 Å². The van der Waals surface area contributed by atoms with E-state index < -0.39 is 5.97 Å². The summed E-state index contributed by atoms with van der Waals surface area (Å²) in [4.78, 5) is 22.2. The second-order valence-electron chi connectivity index (χ2n) is 4.57. The van der Waals surface area contributed by atoms with E-state index in [1.165, 1.54) is 0 Å². The molecule has 0 aliphatic rings. The number of urea groups is 1. The Morgan fingerprint density at radius 3 is 2.42 bits per heavy atom. The molecule has 0 aromatic heterocycles. The van der Waals surface area contributed by atoms with Crippen LogP contribution in [0.5, 0.6) is 0 Å². The van der Waals surface area contributed by atoms with Crippen LogP contribution >= 0.6 is 0 Å². The van der Waals surface area contributed by atoms with Gasteiger partial charge in [0.1, 0.15) is 0 Å². The summed E-state index contributed by atoms with van der Waals surface area (Å²) in [6.07, 6.45) is 0.790. The number of aryl methyl sites for hydroxylation is 1. The summed E-state index contributed by atoms with van der Waals surface area (Å²) in [6, 6.07) is 7.16. The zero-order valence-corrected chi connectivity index (χ0v) is 11.3. The molecule has 0 fully saturated rings. The van der Waals surface area contributed by atoms with Crippen molar-refractivity contribution in [3.8, 4) is 0 Å². The van der Waals surface area contributed by atoms with E-state index in [2.05, 4.69) is 10.6 Å². The number of aliphatic carboxylic acids is 1. The first-order valence-electron chi connectivity index (χ1n) is 6.34. The maximum Gasteiger partial charge on any atom is 0.319 e. The molecular formula is C14H20N2O3. The average molecular weight is 264 g/mol. The van der Waals surface area contributed by atoms with Gasteiger partial charge in [0, 0.05) is 18.7 Å². The minimum atomic E-state index is -0.840. The molecule has 5 heteroatoms. The topological polar surface area (TPSA) is 78.4 Å². The lowest BCUT2D eigenvalue weighted by Gasteiger charge is -2.14. The standard InChI is InChI=1S/C14H20N2O3/c1-3-11(8-13(17)18)9-15-14(19)16-12-6-4-10(2)5-7-12/h4-7,11H,3,8-9H2,1-2H3,(H,17,18)(H2,15,16,19). The van der Waals surface area contributed by atoms with Crippen molar-refractivity contribution in [2.24, 2.45) is 5.92 Å². The van der Waals surface area contributed by atoms with Crippen LogP contribution in [-0.4, -0.2) is 23.7 Å². The van der Waals surface area contributed by atoms with E-state index in [1.807, 2.05) is 38.1 Å². The lowest BCUT2D eigenvalue weighted by molar-refractivity contribution is -0.138. The fourth-order valence-electron chi connectivity index (χ4n) is 1.66. The molecule has 1 atom stereocenters. The maximum absolute atomic E-state index is 11.6. The maximum atomic E-state index is 11.6. The third-order valence-electron chi connectivity index (χ3n) is 2.90. The number of carbonyl (C=O) groups is 2. The molecule has 0 saturated carbocycles. The molecular weight excluding hydrogens is 244 g/mol. The smallest absolute Gasteiger partial charge is 0.319 e. The fraction of sp³-hybridized carbons (Fsp3) is 0.429. The van der Waals surface area contributed by atoms with E-state index in [0.29, 0.717) is 6.54 Å². The number of carbonyl (C=O) groups excluding carboxylic acids is 1. The van der Waals surface area contributed by atoms with Crippen molar-refractivity contribution in [1.29, 1.82) is 0 Å². The molecule has 0 bridgehead atoms. The number of hydrogen-bond acceptors (Lipinski definition) is 2. The average Bonchev–Trinajstić information content (AvgIpc) is 2.37. The molecule has 0 heterocycles. The second-order valence-corrected chi connectivity index (χ2v) is 4.57. The number of anilines is 1. The van der Waals surface area contributed by atoms with Crippen molar-refractivity contribution >= 4 is 17.7 Å². The molecule has 1 aromatic carbocycles. The second kappa shape index (κ2) is 7.41. The zero-order valence-electron chi connectivity index (χ0n) is 11.3. The van der Waals surface area contributed by atoms with Gasteiger partial charge in [-0.25, -0.2) is 4.79 Å². The number of nitrogens with one attached hydrogen (secondary N) is 2. The summed E-state index contributed by atoms with van der Waals surface area (Å²) in [5.41, 5.74) is 1.84. The summed E-state index contributed by atoms with van der Waals surface area (Å²) in [5.74, 6) is -0.881. The van der Waals surface area contributed by atoms with Crippen molar-refractivity contribution in [1.82, 2.24) is 5.32 Å². The third-order valence-corrected chi connectivity index (χ3v) is 2.90. The highest BCUT2D eigenvalue weighted by Crippen LogP contribution is 2.09. The summed E-state index contributed by atoms with van der Waals surface area (Å²) >= 11 is 0. The van der Waals surface area contributed by atoms with Crippen molar-refractivity contribution in [2.75, 3.05) is 11.9 Å². The Bertz CT molecular complexity index is 429. The van der Waals surface area contributed by atoms with Crippen LogP contribution in [0.3, 0.4) is 0 Å². The Kier molecular flexibility index (Phi) is 5.85. The third kappa shape index (κ3) is 5.90. The molecule has 0 saturated heterocycles. The molecule has 1 unspecified atom stereocenters. The molecule has 0 aliphatic carbocycles. The van der Waals surface area contributed by atoms with Gasteiger partial charge in [0.25, 0.3) is 0 Å². The van der Waals surface area contributed by atoms with Crippen LogP contribution in [0.4, 0.5) is 10.5 Å². The highest BCUT2D eigenvalue weighted by atomic mass is 16.4. The Labute approximate surface area is 113 Å². The Balaban J connectivity index is 2.38. The first-order chi connectivity index (χ1) is 9.01. The quantitative estimate of drug-likeness (QED) is 0.739. The molecule has 1 aromatic rings. The van der Waals surface area contributed by atoms with Gasteiger partial charge < -0.3 is 15.7 Å². The predicted octanol–water partition coefficient (Wildman–Crippen LogP) is 2.62. The molecule has 0 radical (unpaired) electrons. The van der Waals surface area contributed by atoms with E-state index in [0.717, 1.165) is 17.7 Å². The van der Waals surface area contributed by atoms with E-state index in [9.17, 15) is 9.59 Å². The minimum absolute atomic E-state index is 0.0405. The number of carboxylic acid groups (broad SMARTS) is 1. The van der Waals surface area contributed by atoms with E-state index in [1.54, 1.807) is 0 Å². The van der Waals surface area contributed by atoms with Crippen LogP contribution in [-0.2, 0) is 4.79 Å². The van der Waals surface area contributed by atoms with E-state index in [4.69, 9.17) is 5.11 Å². The van der Waals surface area contributed by atoms with Crippen LogP contribution in [0.25, 0.3) is 0 Å². The number of benzene rings is 1. The Morgan fingerprint density at radius 1 is 1.26 bits per heavy atom. The summed E-state index contributed by atoms with van der Waals surface area (Å²) in [6.45, 7) is 4.25. The van der Waals surface area contributed by atoms with Gasteiger partial charge in [-0.2, -0.15) is 0 Å². The molecule has 104 valence electrons. The predicted molar refractivity (Wildman–Crippen MR) is 74.2 cm³/mol. The number of carboxylic acids is 1. The number of hydrogen-bond donors (Lipinski definition) is 3. The van der Waals surface area contributed by atoms with Gasteiger partial charge in [0.05, 0.1) is 0 Å². The largest absolute Gasteiger partial charge is 0.481 e. The molecule has 0 spiro atoms. The molecule has 1 rings (SSSR count). The monoisotopic (exact) mass is 264 g/mol. The summed E-state index contributed by atoms with van der Waals surface area (Å²) in [7, 11) is 0. The van der Waals surface area contributed by atoms with Gasteiger partial charge in [-0.05, 0) is 25.0 Å². The highest BCUT2D eigenvalue weighted by molar-refractivity contribution is 5.89. The van der Waals surface area contributed by atoms with Crippen LogP contribution in [0.2, 0.25) is 0 Å². The van der Waals surface area contributed by atoms with Crippen LogP contribution in [0.1, 0.15) is 25.3 Å². The van der Waals surface area contributed by atoms with E-state index in [-0.39, 0.29) is 18.4 Å². The molecule has 19 heavy (non-hydrogen) atoms. The molecule has 5 nitrogen and oxygen atoms in total. The number of rotatable bonds is 6. The van der Waals surface area contributed by atoms with Crippen molar-refractivity contribution in [3.63, 3.8) is 0 Å². The van der Waals surface area contributed by atoms with Gasteiger partial charge in [-0.1, -0.05) is 31.0 Å². The Morgan fingerprint density at radius 2 is 1.89 bits per heavy atom. The zero-order chi connectivity index (χ0) is 14.3. The van der Waals surface area contributed by atoms with Gasteiger partial charge in [0.15, 0.2) is 0 Å². The Hall–Kier alpha value is -2.04. The number of amides is 2. The summed E-state index contributed by atoms with van der Waals surface area (Å²) < 4.78 is 0. The van der Waals surface area contributed by atoms with Gasteiger partial charge >= 0.3 is 12.0 Å². The summed E-state index contributed by atoms with van der Waals surface area (Å²) in [5, 5.41) is 14.1. The molecule has 3 N–H and O–H groups in total. The van der Waals surface area contributed by atoms with Crippen LogP contribution in [0.15, 0.2) is 24.3 Å². The van der Waals surface area contributed by atoms with Gasteiger partial charge in [-0.15, -0.1) is 0 Å². The lowest BCUT2D eigenvalue weighted by atomic mass is 10.0. The lowest BCUT2D eigenvalue weighted by Crippen LogP contribution is -2.33. The van der Waals surface area contributed by atoms with Gasteiger partial charge in [-0.3, -0.25) is 4.79 Å². The normalized spacial score (nSPS) is 11.7. The minimum Gasteiger partial charge on any atom is -0.481 e. The van der Waals surface area contributed by atoms with Gasteiger partial charge in [0.2, 0.25) is 0 Å². The first kappa shape index (κ1) is 15.0. The molecule has 2 amide bonds. The van der Waals surface area contributed by atoms with E-state index >= 15 is 0 Å². The SMILES string of the molecule is CCC(CNC(=O)Nc1ccc(C)cc1)CC(=O)O. The highest BCUT2D eigenvalue weighted by Gasteiger charge is 2.12. The van der Waals surface area contributed by atoms with Crippen LogP contribution in [0, 0.1) is 12.8 Å². The van der Waals surface area contributed by atoms with Crippen molar-refractivity contribution in [3.05, 3.63) is 29.8 Å². The molecule has 0 aliphatic heterocycles. The van der Waals surface area contributed by atoms with Crippen LogP contribution < -0.4 is 10.6 Å².